The molecule has 8 nitrogen and oxygen atoms in total. The highest BCUT2D eigenvalue weighted by molar-refractivity contribution is 5.72. The van der Waals surface area contributed by atoms with E-state index < -0.39 is 16.9 Å². The third-order valence-electron chi connectivity index (χ3n) is 2.37. The van der Waals surface area contributed by atoms with Gasteiger partial charge in [0.2, 0.25) is 0 Å². The fourth-order valence-corrected chi connectivity index (χ4v) is 1.31. The molecule has 1 aromatic carbocycles. The number of nitrogens with two attached hydrogens (primary N) is 1. The molecule has 0 fully saturated rings. The van der Waals surface area contributed by atoms with Crippen LogP contribution in [0.4, 0.5) is 5.69 Å². The van der Waals surface area contributed by atoms with Crippen molar-refractivity contribution in [1.29, 1.82) is 0 Å². The van der Waals surface area contributed by atoms with Crippen LogP contribution in [0.15, 0.2) is 18.2 Å². The van der Waals surface area contributed by atoms with E-state index in [1.54, 1.807) is 0 Å². The second-order valence-electron chi connectivity index (χ2n) is 3.67. The minimum absolute atomic E-state index is 0.0271. The summed E-state index contributed by atoms with van der Waals surface area (Å²) in [5.74, 6) is -0.766. The zero-order valence-electron chi connectivity index (χ0n) is 10.2. The lowest BCUT2D eigenvalue weighted by Crippen LogP contribution is -2.31. The first-order valence-corrected chi connectivity index (χ1v) is 5.39. The Morgan fingerprint density at radius 2 is 2.26 bits per heavy atom. The van der Waals surface area contributed by atoms with E-state index >= 15 is 0 Å². The molecular formula is C11H14N2O6. The lowest BCUT2D eigenvalue weighted by atomic mass is 10.2. The Morgan fingerprint density at radius 3 is 2.79 bits per heavy atom. The van der Waals surface area contributed by atoms with E-state index in [1.165, 1.54) is 25.3 Å². The number of nitrogens with zero attached hydrogens (tertiary/aromatic N) is 1. The number of nitro groups is 1. The Hall–Kier alpha value is -2.35. The smallest absolute Gasteiger partial charge is 0.320 e. The molecule has 0 aromatic heterocycles. The maximum Gasteiger partial charge on any atom is 0.320 e. The molecule has 0 amide bonds. The molecule has 3 N–H and O–H groups in total. The first-order chi connectivity index (χ1) is 8.95. The molecule has 1 aromatic rings. The van der Waals surface area contributed by atoms with E-state index in [2.05, 4.69) is 0 Å². The summed E-state index contributed by atoms with van der Waals surface area (Å²) < 4.78 is 10.1. The molecule has 1 rings (SSSR count). The molecule has 0 saturated carbocycles. The second-order valence-corrected chi connectivity index (χ2v) is 3.67. The topological polar surface area (TPSA) is 125 Å². The van der Waals surface area contributed by atoms with Gasteiger partial charge in [0.1, 0.15) is 11.8 Å². The zero-order chi connectivity index (χ0) is 14.4. The number of hydrogen-bond donors (Lipinski definition) is 2. The minimum Gasteiger partial charge on any atom is -0.496 e. The van der Waals surface area contributed by atoms with E-state index in [-0.39, 0.29) is 24.5 Å². The molecule has 0 aliphatic rings. The van der Waals surface area contributed by atoms with Crippen molar-refractivity contribution in [3.63, 3.8) is 0 Å². The van der Waals surface area contributed by atoms with Gasteiger partial charge in [-0.2, -0.15) is 0 Å². The quantitative estimate of drug-likeness (QED) is 0.554. The number of carbonyl (C=O) groups is 1. The summed E-state index contributed by atoms with van der Waals surface area (Å²) >= 11 is 0. The molecule has 0 aliphatic heterocycles. The molecule has 104 valence electrons. The first kappa shape index (κ1) is 14.7. The van der Waals surface area contributed by atoms with Crippen LogP contribution in [0.25, 0.3) is 0 Å². The van der Waals surface area contributed by atoms with Crippen LogP contribution in [0.3, 0.4) is 0 Å². The molecule has 0 bridgehead atoms. The van der Waals surface area contributed by atoms with E-state index in [0.29, 0.717) is 5.75 Å². The molecule has 0 heterocycles. The largest absolute Gasteiger partial charge is 0.496 e. The Kier molecular flexibility index (Phi) is 5.07. The van der Waals surface area contributed by atoms with Crippen molar-refractivity contribution in [3.05, 3.63) is 28.3 Å². The number of hydrogen-bond acceptors (Lipinski definition) is 6. The lowest BCUT2D eigenvalue weighted by molar-refractivity contribution is -0.385. The maximum absolute atomic E-state index is 10.8. The normalized spacial score (nSPS) is 11.7. The predicted octanol–water partition coefficient (Wildman–Crippen LogP) is 0.784. The van der Waals surface area contributed by atoms with Crippen molar-refractivity contribution < 1.29 is 24.3 Å². The van der Waals surface area contributed by atoms with Gasteiger partial charge in [0.15, 0.2) is 5.75 Å². The summed E-state index contributed by atoms with van der Waals surface area (Å²) in [5, 5.41) is 19.4. The van der Waals surface area contributed by atoms with Crippen LogP contribution in [-0.2, 0) is 4.79 Å². The van der Waals surface area contributed by atoms with E-state index in [0.717, 1.165) is 0 Å². The predicted molar refractivity (Wildman–Crippen MR) is 65.4 cm³/mol. The van der Waals surface area contributed by atoms with Crippen LogP contribution in [0.1, 0.15) is 6.42 Å². The number of aliphatic carboxylic acids is 1. The van der Waals surface area contributed by atoms with Crippen molar-refractivity contribution in [1.82, 2.24) is 0 Å². The van der Waals surface area contributed by atoms with Crippen LogP contribution in [-0.4, -0.2) is 35.8 Å². The van der Waals surface area contributed by atoms with Crippen molar-refractivity contribution in [2.75, 3.05) is 13.7 Å². The highest BCUT2D eigenvalue weighted by atomic mass is 16.6. The number of rotatable bonds is 7. The molecule has 1 atom stereocenters. The highest BCUT2D eigenvalue weighted by Gasteiger charge is 2.17. The summed E-state index contributed by atoms with van der Waals surface area (Å²) in [6, 6.07) is 3.08. The summed E-state index contributed by atoms with van der Waals surface area (Å²) in [6.07, 6.45) is 0.0541. The van der Waals surface area contributed by atoms with Gasteiger partial charge in [-0.15, -0.1) is 0 Å². The number of carboxylic acid groups (broad SMARTS) is 1. The SMILES string of the molecule is COc1ccc(OCCC(N)C(=O)O)c([N+](=O)[O-])c1. The van der Waals surface area contributed by atoms with E-state index in [4.69, 9.17) is 20.3 Å². The van der Waals surface area contributed by atoms with Gasteiger partial charge in [0.25, 0.3) is 0 Å². The van der Waals surface area contributed by atoms with Gasteiger partial charge in [-0.1, -0.05) is 0 Å². The summed E-state index contributed by atoms with van der Waals surface area (Å²) in [7, 11) is 1.39. The standard InChI is InChI=1S/C11H14N2O6/c1-18-7-2-3-10(9(6-7)13(16)17)19-5-4-8(12)11(14)15/h2-3,6,8H,4-5,12H2,1H3,(H,14,15). The van der Waals surface area contributed by atoms with Crippen LogP contribution < -0.4 is 15.2 Å². The molecule has 1 unspecified atom stereocenters. The zero-order valence-corrected chi connectivity index (χ0v) is 10.2. The van der Waals surface area contributed by atoms with Gasteiger partial charge in [0, 0.05) is 6.42 Å². The molecular weight excluding hydrogens is 256 g/mol. The number of methoxy groups -OCH3 is 1. The third-order valence-corrected chi connectivity index (χ3v) is 2.37. The Balaban J connectivity index is 2.72. The van der Waals surface area contributed by atoms with Crippen LogP contribution >= 0.6 is 0 Å². The number of nitro benzene ring substituents is 1. The van der Waals surface area contributed by atoms with Crippen molar-refractivity contribution >= 4 is 11.7 Å². The molecule has 0 radical (unpaired) electrons. The summed E-state index contributed by atoms with van der Waals surface area (Å²) in [5.41, 5.74) is 5.04. The van der Waals surface area contributed by atoms with Gasteiger partial charge < -0.3 is 20.3 Å². The summed E-state index contributed by atoms with van der Waals surface area (Å²) in [4.78, 5) is 20.7. The lowest BCUT2D eigenvalue weighted by Gasteiger charge is -2.09. The van der Waals surface area contributed by atoms with Gasteiger partial charge >= 0.3 is 11.7 Å². The number of ether oxygens (including phenoxy) is 2. The number of benzene rings is 1. The second kappa shape index (κ2) is 6.55. The van der Waals surface area contributed by atoms with Gasteiger partial charge in [0.05, 0.1) is 24.7 Å². The molecule has 8 heteroatoms. The maximum atomic E-state index is 10.8. The van der Waals surface area contributed by atoms with E-state index in [1.807, 2.05) is 0 Å². The molecule has 19 heavy (non-hydrogen) atoms. The van der Waals surface area contributed by atoms with Gasteiger partial charge in [-0.05, 0) is 12.1 Å². The molecule has 0 saturated heterocycles. The first-order valence-electron chi connectivity index (χ1n) is 5.39. The van der Waals surface area contributed by atoms with Crippen LogP contribution in [0.2, 0.25) is 0 Å². The van der Waals surface area contributed by atoms with Crippen LogP contribution in [0.5, 0.6) is 11.5 Å². The fourth-order valence-electron chi connectivity index (χ4n) is 1.31. The minimum atomic E-state index is -1.15. The third kappa shape index (κ3) is 4.11. The summed E-state index contributed by atoms with van der Waals surface area (Å²) in [6.45, 7) is -0.0271. The molecule has 0 aliphatic carbocycles. The monoisotopic (exact) mass is 270 g/mol. The Morgan fingerprint density at radius 1 is 1.58 bits per heavy atom. The number of carboxylic acids is 1. The Labute approximate surface area is 108 Å². The van der Waals surface area contributed by atoms with Gasteiger partial charge in [-0.25, -0.2) is 0 Å². The molecule has 0 spiro atoms. The van der Waals surface area contributed by atoms with Crippen molar-refractivity contribution in [3.8, 4) is 11.5 Å². The van der Waals surface area contributed by atoms with E-state index in [9.17, 15) is 14.9 Å². The highest BCUT2D eigenvalue weighted by Crippen LogP contribution is 2.31. The van der Waals surface area contributed by atoms with Crippen molar-refractivity contribution in [2.24, 2.45) is 5.73 Å². The van der Waals surface area contributed by atoms with Crippen LogP contribution in [0, 0.1) is 10.1 Å². The Bertz CT molecular complexity index is 476. The average molecular weight is 270 g/mol. The average Bonchev–Trinajstić information content (AvgIpc) is 2.38. The van der Waals surface area contributed by atoms with Gasteiger partial charge in [-0.3, -0.25) is 14.9 Å². The van der Waals surface area contributed by atoms with Crippen molar-refractivity contribution in [2.45, 2.75) is 12.5 Å². The fraction of sp³-hybridized carbons (Fsp3) is 0.364.